The first-order valence-electron chi connectivity index (χ1n) is 4.67. The number of sulfonamides is 1. The number of nitrogens with zero attached hydrogens (tertiary/aromatic N) is 1. The van der Waals surface area contributed by atoms with E-state index < -0.39 is 10.0 Å². The lowest BCUT2D eigenvalue weighted by molar-refractivity contribution is 0.590. The first-order valence-corrected chi connectivity index (χ1v) is 7.31. The highest BCUT2D eigenvalue weighted by atomic mass is 79.9. The van der Waals surface area contributed by atoms with E-state index >= 15 is 0 Å². The number of hydrogen-bond donors (Lipinski definition) is 0. The Balaban J connectivity index is 2.56. The molecule has 1 aromatic carbocycles. The van der Waals surface area contributed by atoms with Crippen molar-refractivity contribution in [3.05, 3.63) is 28.2 Å². The second-order valence-electron chi connectivity index (χ2n) is 3.88. The molecule has 0 unspecified atom stereocenters. The van der Waals surface area contributed by atoms with E-state index in [4.69, 9.17) is 0 Å². The minimum absolute atomic E-state index is 0.0179. The molecule has 82 valence electrons. The highest BCUT2D eigenvalue weighted by molar-refractivity contribution is 9.10. The van der Waals surface area contributed by atoms with Crippen molar-refractivity contribution in [2.24, 2.45) is 0 Å². The fraction of sp³-hybridized carbons (Fsp3) is 0.400. The molecule has 15 heavy (non-hydrogen) atoms. The van der Waals surface area contributed by atoms with E-state index in [-0.39, 0.29) is 6.04 Å². The van der Waals surface area contributed by atoms with E-state index in [1.807, 2.05) is 25.1 Å². The molecule has 0 aliphatic carbocycles. The van der Waals surface area contributed by atoms with Crippen LogP contribution in [0.4, 0.5) is 5.69 Å². The van der Waals surface area contributed by atoms with Gasteiger partial charge < -0.3 is 0 Å². The number of hydrogen-bond acceptors (Lipinski definition) is 2. The van der Waals surface area contributed by atoms with Crippen LogP contribution in [0.15, 0.2) is 22.7 Å². The highest BCUT2D eigenvalue weighted by Gasteiger charge is 2.32. The van der Waals surface area contributed by atoms with Gasteiger partial charge in [-0.3, -0.25) is 4.31 Å². The van der Waals surface area contributed by atoms with Crippen LogP contribution in [0.2, 0.25) is 0 Å². The summed E-state index contributed by atoms with van der Waals surface area (Å²) in [6.07, 6.45) is 2.03. The molecule has 0 spiro atoms. The molecule has 0 aromatic heterocycles. The second kappa shape index (κ2) is 3.49. The Labute approximate surface area is 98.3 Å². The molecular formula is C10H12BrNO2S. The van der Waals surface area contributed by atoms with Crippen molar-refractivity contribution in [1.29, 1.82) is 0 Å². The minimum atomic E-state index is -3.16. The first-order chi connectivity index (χ1) is 6.89. The Morgan fingerprint density at radius 3 is 2.73 bits per heavy atom. The molecular weight excluding hydrogens is 278 g/mol. The van der Waals surface area contributed by atoms with Gasteiger partial charge in [-0.2, -0.15) is 0 Å². The number of anilines is 1. The number of benzene rings is 1. The van der Waals surface area contributed by atoms with Crippen molar-refractivity contribution in [3.8, 4) is 0 Å². The smallest absolute Gasteiger partial charge is 0.232 e. The van der Waals surface area contributed by atoms with Crippen molar-refractivity contribution in [3.63, 3.8) is 0 Å². The number of halogens is 1. The maximum absolute atomic E-state index is 11.6. The fourth-order valence-electron chi connectivity index (χ4n) is 2.08. The van der Waals surface area contributed by atoms with Gasteiger partial charge in [-0.15, -0.1) is 0 Å². The predicted octanol–water partition coefficient (Wildman–Crippen LogP) is 2.16. The maximum atomic E-state index is 11.6. The summed E-state index contributed by atoms with van der Waals surface area (Å²) in [5, 5.41) is 0. The summed E-state index contributed by atoms with van der Waals surface area (Å²) in [4.78, 5) is 0. The van der Waals surface area contributed by atoms with Crippen molar-refractivity contribution < 1.29 is 8.42 Å². The van der Waals surface area contributed by atoms with Gasteiger partial charge in [0.2, 0.25) is 10.0 Å². The summed E-state index contributed by atoms with van der Waals surface area (Å²) >= 11 is 3.39. The molecule has 0 saturated carbocycles. The van der Waals surface area contributed by atoms with Crippen LogP contribution in [-0.4, -0.2) is 20.7 Å². The third kappa shape index (κ3) is 1.90. The number of rotatable bonds is 1. The highest BCUT2D eigenvalue weighted by Crippen LogP contribution is 2.35. The third-order valence-corrected chi connectivity index (χ3v) is 4.32. The first kappa shape index (κ1) is 11.0. The summed E-state index contributed by atoms with van der Waals surface area (Å²) in [7, 11) is -3.16. The summed E-state index contributed by atoms with van der Waals surface area (Å²) < 4.78 is 25.7. The van der Waals surface area contributed by atoms with Crippen LogP contribution in [-0.2, 0) is 16.4 Å². The summed E-state index contributed by atoms with van der Waals surface area (Å²) in [5.41, 5.74) is 1.90. The van der Waals surface area contributed by atoms with E-state index in [0.717, 1.165) is 22.1 Å². The third-order valence-electron chi connectivity index (χ3n) is 2.55. The van der Waals surface area contributed by atoms with Crippen LogP contribution in [0.3, 0.4) is 0 Å². The standard InChI is InChI=1S/C10H12BrNO2S/c1-7-5-8-6-9(11)3-4-10(8)12(7)15(2,13)14/h3-4,6-7H,5H2,1-2H3/t7-/m0/s1. The Morgan fingerprint density at radius 1 is 1.47 bits per heavy atom. The van der Waals surface area contributed by atoms with Crippen molar-refractivity contribution in [2.75, 3.05) is 10.6 Å². The zero-order valence-corrected chi connectivity index (χ0v) is 11.0. The SMILES string of the molecule is C[C@H]1Cc2cc(Br)ccc2N1S(C)(=O)=O. The maximum Gasteiger partial charge on any atom is 0.232 e. The molecule has 0 amide bonds. The zero-order valence-electron chi connectivity index (χ0n) is 8.57. The zero-order chi connectivity index (χ0) is 11.2. The Morgan fingerprint density at radius 2 is 2.13 bits per heavy atom. The molecule has 5 heteroatoms. The lowest BCUT2D eigenvalue weighted by atomic mass is 10.1. The largest absolute Gasteiger partial charge is 0.267 e. The van der Waals surface area contributed by atoms with Gasteiger partial charge >= 0.3 is 0 Å². The van der Waals surface area contributed by atoms with Crippen molar-refractivity contribution in [1.82, 2.24) is 0 Å². The van der Waals surface area contributed by atoms with Gasteiger partial charge in [0.1, 0.15) is 0 Å². The average molecular weight is 290 g/mol. The molecule has 0 radical (unpaired) electrons. The van der Waals surface area contributed by atoms with Crippen LogP contribution in [0.1, 0.15) is 12.5 Å². The monoisotopic (exact) mass is 289 g/mol. The van der Waals surface area contributed by atoms with Gasteiger partial charge in [0, 0.05) is 10.5 Å². The lowest BCUT2D eigenvalue weighted by Gasteiger charge is -2.21. The van der Waals surface area contributed by atoms with Crippen LogP contribution in [0, 0.1) is 0 Å². The van der Waals surface area contributed by atoms with Gasteiger partial charge in [-0.05, 0) is 37.1 Å². The number of fused-ring (bicyclic) bond motifs is 1. The molecule has 1 heterocycles. The van der Waals surface area contributed by atoms with Gasteiger partial charge in [0.25, 0.3) is 0 Å². The Bertz CT molecular complexity index is 498. The van der Waals surface area contributed by atoms with Crippen molar-refractivity contribution >= 4 is 31.6 Å². The lowest BCUT2D eigenvalue weighted by Crippen LogP contribution is -2.34. The van der Waals surface area contributed by atoms with Crippen LogP contribution >= 0.6 is 15.9 Å². The minimum Gasteiger partial charge on any atom is -0.267 e. The van der Waals surface area contributed by atoms with Gasteiger partial charge in [-0.1, -0.05) is 15.9 Å². The van der Waals surface area contributed by atoms with E-state index in [2.05, 4.69) is 15.9 Å². The normalized spacial score (nSPS) is 20.5. The van der Waals surface area contributed by atoms with E-state index in [1.54, 1.807) is 0 Å². The van der Waals surface area contributed by atoms with Crippen LogP contribution in [0.25, 0.3) is 0 Å². The molecule has 0 bridgehead atoms. The molecule has 1 aromatic rings. The topological polar surface area (TPSA) is 37.4 Å². The summed E-state index contributed by atoms with van der Waals surface area (Å²) in [6.45, 7) is 1.93. The van der Waals surface area contributed by atoms with Crippen LogP contribution in [0.5, 0.6) is 0 Å². The van der Waals surface area contributed by atoms with Gasteiger partial charge in [-0.25, -0.2) is 8.42 Å². The quantitative estimate of drug-likeness (QED) is 0.795. The predicted molar refractivity (Wildman–Crippen MR) is 64.6 cm³/mol. The second-order valence-corrected chi connectivity index (χ2v) is 6.66. The summed E-state index contributed by atoms with van der Waals surface area (Å²) in [6, 6.07) is 5.72. The average Bonchev–Trinajstić information content (AvgIpc) is 2.38. The summed E-state index contributed by atoms with van der Waals surface area (Å²) in [5.74, 6) is 0. The van der Waals surface area contributed by atoms with Gasteiger partial charge in [0.15, 0.2) is 0 Å². The van der Waals surface area contributed by atoms with E-state index in [1.165, 1.54) is 10.6 Å². The molecule has 0 N–H and O–H groups in total. The van der Waals surface area contributed by atoms with Gasteiger partial charge in [0.05, 0.1) is 11.9 Å². The van der Waals surface area contributed by atoms with E-state index in [9.17, 15) is 8.42 Å². The Kier molecular flexibility index (Phi) is 2.55. The van der Waals surface area contributed by atoms with Crippen molar-refractivity contribution in [2.45, 2.75) is 19.4 Å². The molecule has 1 aliphatic rings. The Hall–Kier alpha value is -0.550. The molecule has 3 nitrogen and oxygen atoms in total. The molecule has 1 aliphatic heterocycles. The molecule has 0 saturated heterocycles. The molecule has 1 atom stereocenters. The van der Waals surface area contributed by atoms with E-state index in [0.29, 0.717) is 0 Å². The fourth-order valence-corrected chi connectivity index (χ4v) is 3.75. The molecule has 0 fully saturated rings. The molecule has 2 rings (SSSR count). The van der Waals surface area contributed by atoms with Crippen LogP contribution < -0.4 is 4.31 Å².